The SMILES string of the molecule is CCn1nc(CNC(=O)CCc2n[nH]c(C)c2C)c2ccccc21. The molecule has 0 atom stereocenters. The third-order valence-electron chi connectivity index (χ3n) is 4.43. The smallest absolute Gasteiger partial charge is 0.220 e. The van der Waals surface area contributed by atoms with Crippen LogP contribution in [-0.2, 0) is 24.3 Å². The van der Waals surface area contributed by atoms with Crippen molar-refractivity contribution in [1.82, 2.24) is 25.3 Å². The maximum atomic E-state index is 12.1. The summed E-state index contributed by atoms with van der Waals surface area (Å²) in [6, 6.07) is 8.11. The normalized spacial score (nSPS) is 11.1. The number of hydrogen-bond donors (Lipinski definition) is 2. The number of nitrogens with zero attached hydrogens (tertiary/aromatic N) is 3. The van der Waals surface area contributed by atoms with Crippen LogP contribution in [0.15, 0.2) is 24.3 Å². The molecule has 6 heteroatoms. The number of rotatable bonds is 6. The standard InChI is InChI=1S/C18H23N5O/c1-4-23-17-8-6-5-7-14(17)16(22-23)11-19-18(24)10-9-15-12(2)13(3)20-21-15/h5-8H,4,9-11H2,1-3H3,(H,19,24)(H,20,21). The molecular formula is C18H23N5O. The molecule has 24 heavy (non-hydrogen) atoms. The van der Waals surface area contributed by atoms with Crippen LogP contribution in [0.5, 0.6) is 0 Å². The summed E-state index contributed by atoms with van der Waals surface area (Å²) < 4.78 is 1.96. The van der Waals surface area contributed by atoms with E-state index in [9.17, 15) is 4.79 Å². The van der Waals surface area contributed by atoms with E-state index >= 15 is 0 Å². The number of aromatic amines is 1. The Morgan fingerprint density at radius 3 is 2.75 bits per heavy atom. The molecule has 3 aromatic rings. The number of para-hydroxylation sites is 1. The Kier molecular flexibility index (Phi) is 4.64. The van der Waals surface area contributed by atoms with Crippen LogP contribution in [0.1, 0.15) is 36.0 Å². The van der Waals surface area contributed by atoms with Crippen molar-refractivity contribution in [2.24, 2.45) is 0 Å². The molecule has 2 N–H and O–H groups in total. The summed E-state index contributed by atoms with van der Waals surface area (Å²) in [7, 11) is 0. The maximum Gasteiger partial charge on any atom is 0.220 e. The van der Waals surface area contributed by atoms with Gasteiger partial charge in [0.2, 0.25) is 5.91 Å². The van der Waals surface area contributed by atoms with Crippen molar-refractivity contribution < 1.29 is 4.79 Å². The van der Waals surface area contributed by atoms with Crippen LogP contribution in [0.25, 0.3) is 10.9 Å². The van der Waals surface area contributed by atoms with Crippen molar-refractivity contribution in [3.8, 4) is 0 Å². The molecule has 0 fully saturated rings. The number of benzene rings is 1. The fraction of sp³-hybridized carbons (Fsp3) is 0.389. The summed E-state index contributed by atoms with van der Waals surface area (Å²) in [4.78, 5) is 12.1. The number of aryl methyl sites for hydroxylation is 3. The Hall–Kier alpha value is -2.63. The van der Waals surface area contributed by atoms with E-state index in [1.54, 1.807) is 0 Å². The number of carbonyl (C=O) groups is 1. The van der Waals surface area contributed by atoms with Crippen LogP contribution in [0, 0.1) is 13.8 Å². The monoisotopic (exact) mass is 325 g/mol. The van der Waals surface area contributed by atoms with Gasteiger partial charge >= 0.3 is 0 Å². The first-order valence-electron chi connectivity index (χ1n) is 8.31. The Morgan fingerprint density at radius 1 is 1.25 bits per heavy atom. The molecule has 1 aromatic carbocycles. The molecule has 126 valence electrons. The van der Waals surface area contributed by atoms with E-state index in [0.29, 0.717) is 19.4 Å². The van der Waals surface area contributed by atoms with Gasteiger partial charge in [0.05, 0.1) is 23.4 Å². The highest BCUT2D eigenvalue weighted by molar-refractivity contribution is 5.83. The summed E-state index contributed by atoms with van der Waals surface area (Å²) in [6.45, 7) is 7.34. The number of carbonyl (C=O) groups excluding carboxylic acids is 1. The maximum absolute atomic E-state index is 12.1. The van der Waals surface area contributed by atoms with Gasteiger partial charge in [-0.1, -0.05) is 18.2 Å². The van der Waals surface area contributed by atoms with Crippen molar-refractivity contribution in [3.05, 3.63) is 46.9 Å². The van der Waals surface area contributed by atoms with Crippen molar-refractivity contribution in [3.63, 3.8) is 0 Å². The minimum atomic E-state index is 0.0187. The number of aromatic nitrogens is 4. The third-order valence-corrected chi connectivity index (χ3v) is 4.43. The molecule has 2 heterocycles. The molecule has 1 amide bonds. The minimum absolute atomic E-state index is 0.0187. The average molecular weight is 325 g/mol. The lowest BCUT2D eigenvalue weighted by atomic mass is 10.1. The molecule has 6 nitrogen and oxygen atoms in total. The van der Waals surface area contributed by atoms with Crippen LogP contribution < -0.4 is 5.32 Å². The first-order chi connectivity index (χ1) is 11.6. The van der Waals surface area contributed by atoms with Gasteiger partial charge in [-0.2, -0.15) is 10.2 Å². The summed E-state index contributed by atoms with van der Waals surface area (Å²) in [6.07, 6.45) is 1.07. The van der Waals surface area contributed by atoms with Crippen molar-refractivity contribution >= 4 is 16.8 Å². The highest BCUT2D eigenvalue weighted by Crippen LogP contribution is 2.18. The topological polar surface area (TPSA) is 75.6 Å². The molecular weight excluding hydrogens is 302 g/mol. The van der Waals surface area contributed by atoms with E-state index in [1.807, 2.05) is 36.7 Å². The van der Waals surface area contributed by atoms with Crippen LogP contribution in [0.3, 0.4) is 0 Å². The second kappa shape index (κ2) is 6.86. The molecule has 0 bridgehead atoms. The van der Waals surface area contributed by atoms with Gasteiger partial charge in [-0.25, -0.2) is 0 Å². The largest absolute Gasteiger partial charge is 0.350 e. The Balaban J connectivity index is 1.61. The van der Waals surface area contributed by atoms with Gasteiger partial charge in [0.25, 0.3) is 0 Å². The molecule has 0 saturated heterocycles. The van der Waals surface area contributed by atoms with Gasteiger partial charge in [0.15, 0.2) is 0 Å². The van der Waals surface area contributed by atoms with Crippen LogP contribution >= 0.6 is 0 Å². The second-order valence-electron chi connectivity index (χ2n) is 5.98. The number of fused-ring (bicyclic) bond motifs is 1. The first kappa shape index (κ1) is 16.2. The van der Waals surface area contributed by atoms with Gasteiger partial charge in [0, 0.05) is 30.5 Å². The zero-order chi connectivity index (χ0) is 17.1. The Morgan fingerprint density at radius 2 is 2.04 bits per heavy atom. The fourth-order valence-corrected chi connectivity index (χ4v) is 2.85. The number of hydrogen-bond acceptors (Lipinski definition) is 3. The molecule has 0 unspecified atom stereocenters. The molecule has 3 rings (SSSR count). The van der Waals surface area contributed by atoms with E-state index in [-0.39, 0.29) is 5.91 Å². The molecule has 0 aliphatic heterocycles. The quantitative estimate of drug-likeness (QED) is 0.731. The summed E-state index contributed by atoms with van der Waals surface area (Å²) in [5.74, 6) is 0.0187. The molecule has 0 saturated carbocycles. The Labute approximate surface area is 141 Å². The number of amides is 1. The summed E-state index contributed by atoms with van der Waals surface area (Å²) in [5.41, 5.74) is 5.17. The highest BCUT2D eigenvalue weighted by atomic mass is 16.1. The molecule has 0 aliphatic rings. The van der Waals surface area contributed by atoms with Crippen LogP contribution in [-0.4, -0.2) is 25.9 Å². The van der Waals surface area contributed by atoms with Crippen molar-refractivity contribution in [2.45, 2.75) is 46.7 Å². The average Bonchev–Trinajstić information content (AvgIpc) is 3.12. The molecule has 0 aliphatic carbocycles. The van der Waals surface area contributed by atoms with Crippen LogP contribution in [0.2, 0.25) is 0 Å². The second-order valence-corrected chi connectivity index (χ2v) is 5.98. The summed E-state index contributed by atoms with van der Waals surface area (Å²) >= 11 is 0. The van der Waals surface area contributed by atoms with Crippen molar-refractivity contribution in [2.75, 3.05) is 0 Å². The zero-order valence-electron chi connectivity index (χ0n) is 14.4. The van der Waals surface area contributed by atoms with E-state index < -0.39 is 0 Å². The fourth-order valence-electron chi connectivity index (χ4n) is 2.85. The van der Waals surface area contributed by atoms with Gasteiger partial charge in [-0.05, 0) is 32.4 Å². The molecule has 2 aromatic heterocycles. The minimum Gasteiger partial charge on any atom is -0.350 e. The van der Waals surface area contributed by atoms with E-state index in [0.717, 1.165) is 40.1 Å². The van der Waals surface area contributed by atoms with E-state index in [4.69, 9.17) is 0 Å². The third kappa shape index (κ3) is 3.18. The Bertz CT molecular complexity index is 862. The van der Waals surface area contributed by atoms with E-state index in [1.165, 1.54) is 0 Å². The van der Waals surface area contributed by atoms with Gasteiger partial charge in [-0.15, -0.1) is 0 Å². The van der Waals surface area contributed by atoms with Crippen LogP contribution in [0.4, 0.5) is 0 Å². The van der Waals surface area contributed by atoms with E-state index in [2.05, 4.69) is 33.6 Å². The lowest BCUT2D eigenvalue weighted by Crippen LogP contribution is -2.23. The van der Waals surface area contributed by atoms with Gasteiger partial charge < -0.3 is 5.32 Å². The molecule has 0 radical (unpaired) electrons. The van der Waals surface area contributed by atoms with Crippen molar-refractivity contribution in [1.29, 1.82) is 0 Å². The number of nitrogens with one attached hydrogen (secondary N) is 2. The molecule has 0 spiro atoms. The van der Waals surface area contributed by atoms with Gasteiger partial charge in [-0.3, -0.25) is 14.6 Å². The lowest BCUT2D eigenvalue weighted by Gasteiger charge is -2.03. The van der Waals surface area contributed by atoms with Gasteiger partial charge in [0.1, 0.15) is 0 Å². The number of H-pyrrole nitrogens is 1. The predicted octanol–water partition coefficient (Wildman–Crippen LogP) is 2.65. The predicted molar refractivity (Wildman–Crippen MR) is 93.6 cm³/mol. The summed E-state index contributed by atoms with van der Waals surface area (Å²) in [5, 5.41) is 15.9. The highest BCUT2D eigenvalue weighted by Gasteiger charge is 2.12. The lowest BCUT2D eigenvalue weighted by molar-refractivity contribution is -0.121. The zero-order valence-corrected chi connectivity index (χ0v) is 14.4. The first-order valence-corrected chi connectivity index (χ1v) is 8.31.